The van der Waals surface area contributed by atoms with E-state index in [0.717, 1.165) is 0 Å². The van der Waals surface area contributed by atoms with Crippen LogP contribution in [0.5, 0.6) is 0 Å². The summed E-state index contributed by atoms with van der Waals surface area (Å²) in [5.41, 5.74) is 10.6. The molecule has 2 unspecified atom stereocenters. The summed E-state index contributed by atoms with van der Waals surface area (Å²) in [6.07, 6.45) is 1.63. The van der Waals surface area contributed by atoms with Crippen molar-refractivity contribution in [2.45, 2.75) is 25.7 Å². The van der Waals surface area contributed by atoms with Crippen molar-refractivity contribution in [3.8, 4) is 0 Å². The van der Waals surface area contributed by atoms with Gasteiger partial charge in [-0.05, 0) is 38.8 Å². The Hall–Kier alpha value is -1.14. The Labute approximate surface area is 94.6 Å². The normalized spacial score (nSPS) is 14.4. The lowest BCUT2D eigenvalue weighted by molar-refractivity contribution is -0.154. The van der Waals surface area contributed by atoms with Gasteiger partial charge in [-0.1, -0.05) is 0 Å². The van der Waals surface area contributed by atoms with Gasteiger partial charge in [-0.3, -0.25) is 9.59 Å². The number of carboxylic acids is 2. The van der Waals surface area contributed by atoms with Gasteiger partial charge in [-0.15, -0.1) is 0 Å². The summed E-state index contributed by atoms with van der Waals surface area (Å²) in [6, 6.07) is 0. The molecule has 0 aromatic heterocycles. The number of nitrogens with two attached hydrogens (primary N) is 2. The van der Waals surface area contributed by atoms with Crippen LogP contribution in [0.3, 0.4) is 0 Å². The van der Waals surface area contributed by atoms with Gasteiger partial charge >= 0.3 is 11.9 Å². The van der Waals surface area contributed by atoms with Crippen molar-refractivity contribution in [1.29, 1.82) is 0 Å². The highest BCUT2D eigenvalue weighted by molar-refractivity contribution is 5.79. The van der Waals surface area contributed by atoms with Crippen LogP contribution in [-0.2, 0) is 9.59 Å². The molecule has 0 fully saturated rings. The van der Waals surface area contributed by atoms with Gasteiger partial charge in [0.05, 0.1) is 11.8 Å². The zero-order valence-electron chi connectivity index (χ0n) is 9.26. The van der Waals surface area contributed by atoms with Crippen molar-refractivity contribution >= 4 is 11.9 Å². The van der Waals surface area contributed by atoms with E-state index in [1.807, 2.05) is 0 Å². The smallest absolute Gasteiger partial charge is 0.307 e. The summed E-state index contributed by atoms with van der Waals surface area (Å²) in [6.45, 7) is 0.736. The number of carbonyl (C=O) groups is 2. The van der Waals surface area contributed by atoms with Crippen molar-refractivity contribution in [2.24, 2.45) is 23.3 Å². The fraction of sp³-hybridized carbons (Fsp3) is 0.800. The molecule has 0 bridgehead atoms. The molecule has 0 aliphatic heterocycles. The van der Waals surface area contributed by atoms with Crippen LogP contribution in [0.15, 0.2) is 0 Å². The first-order chi connectivity index (χ1) is 7.54. The van der Waals surface area contributed by atoms with Gasteiger partial charge in [-0.25, -0.2) is 0 Å². The average Bonchev–Trinajstić information content (AvgIpc) is 2.21. The Kier molecular flexibility index (Phi) is 7.49. The van der Waals surface area contributed by atoms with Crippen LogP contribution in [0.2, 0.25) is 0 Å². The number of rotatable bonds is 9. The minimum atomic E-state index is -1.07. The third-order valence-corrected chi connectivity index (χ3v) is 2.56. The van der Waals surface area contributed by atoms with Crippen LogP contribution >= 0.6 is 0 Å². The number of carboxylic acid groups (broad SMARTS) is 2. The molecular formula is C10H20N2O4. The Morgan fingerprint density at radius 1 is 0.875 bits per heavy atom. The van der Waals surface area contributed by atoms with E-state index in [2.05, 4.69) is 0 Å². The van der Waals surface area contributed by atoms with Crippen molar-refractivity contribution in [2.75, 3.05) is 13.1 Å². The maximum atomic E-state index is 11.0. The summed E-state index contributed by atoms with van der Waals surface area (Å²) >= 11 is 0. The van der Waals surface area contributed by atoms with E-state index in [1.165, 1.54) is 0 Å². The lowest BCUT2D eigenvalue weighted by Crippen LogP contribution is -2.31. The highest BCUT2D eigenvalue weighted by Crippen LogP contribution is 2.23. The lowest BCUT2D eigenvalue weighted by Gasteiger charge is -2.19. The fourth-order valence-corrected chi connectivity index (χ4v) is 1.67. The van der Waals surface area contributed by atoms with Crippen molar-refractivity contribution in [3.05, 3.63) is 0 Å². The van der Waals surface area contributed by atoms with Gasteiger partial charge in [0, 0.05) is 0 Å². The van der Waals surface area contributed by atoms with E-state index in [9.17, 15) is 9.59 Å². The molecule has 0 aromatic carbocycles. The largest absolute Gasteiger partial charge is 0.481 e. The monoisotopic (exact) mass is 232 g/mol. The molecule has 0 aliphatic rings. The molecule has 0 radical (unpaired) electrons. The predicted molar refractivity (Wildman–Crippen MR) is 58.8 cm³/mol. The molecule has 0 spiro atoms. The molecule has 6 heteroatoms. The topological polar surface area (TPSA) is 127 Å². The second-order valence-electron chi connectivity index (χ2n) is 3.75. The van der Waals surface area contributed by atoms with Crippen molar-refractivity contribution in [3.63, 3.8) is 0 Å². The Bertz CT molecular complexity index is 209. The molecule has 0 saturated carbocycles. The highest BCUT2D eigenvalue weighted by Gasteiger charge is 2.32. The molecule has 0 heterocycles. The second-order valence-corrected chi connectivity index (χ2v) is 3.75. The highest BCUT2D eigenvalue weighted by atomic mass is 16.4. The summed E-state index contributed by atoms with van der Waals surface area (Å²) < 4.78 is 0. The molecule has 0 rings (SSSR count). The fourth-order valence-electron chi connectivity index (χ4n) is 1.67. The van der Waals surface area contributed by atoms with Crippen LogP contribution in [0.25, 0.3) is 0 Å². The maximum absolute atomic E-state index is 11.0. The molecule has 6 N–H and O–H groups in total. The Morgan fingerprint density at radius 3 is 1.38 bits per heavy atom. The van der Waals surface area contributed by atoms with Gasteiger partial charge in [0.25, 0.3) is 0 Å². The predicted octanol–water partition coefficient (Wildman–Crippen LogP) is -0.134. The van der Waals surface area contributed by atoms with Gasteiger partial charge < -0.3 is 21.7 Å². The van der Waals surface area contributed by atoms with Crippen molar-refractivity contribution < 1.29 is 19.8 Å². The zero-order chi connectivity index (χ0) is 12.6. The molecule has 2 atom stereocenters. The molecular weight excluding hydrogens is 212 g/mol. The van der Waals surface area contributed by atoms with Crippen LogP contribution in [0.4, 0.5) is 0 Å². The van der Waals surface area contributed by atoms with Crippen molar-refractivity contribution in [1.82, 2.24) is 0 Å². The molecule has 94 valence electrons. The summed E-state index contributed by atoms with van der Waals surface area (Å²) in [5, 5.41) is 18.0. The quantitative estimate of drug-likeness (QED) is 0.438. The SMILES string of the molecule is NCCCC(C(=O)O)C(CCCN)C(=O)O. The first-order valence-electron chi connectivity index (χ1n) is 5.40. The summed E-state index contributed by atoms with van der Waals surface area (Å²) in [7, 11) is 0. The minimum Gasteiger partial charge on any atom is -0.481 e. The van der Waals surface area contributed by atoms with Crippen LogP contribution in [0.1, 0.15) is 25.7 Å². The number of hydrogen-bond acceptors (Lipinski definition) is 4. The van der Waals surface area contributed by atoms with E-state index < -0.39 is 23.8 Å². The number of aliphatic carboxylic acids is 2. The minimum absolute atomic E-state index is 0.299. The van der Waals surface area contributed by atoms with Gasteiger partial charge in [0.2, 0.25) is 0 Å². The van der Waals surface area contributed by atoms with E-state index in [1.54, 1.807) is 0 Å². The van der Waals surface area contributed by atoms with Gasteiger partial charge in [0.15, 0.2) is 0 Å². The molecule has 0 amide bonds. The standard InChI is InChI=1S/C10H20N2O4/c11-5-1-3-7(9(13)14)8(10(15)16)4-2-6-12/h7-8H,1-6,11-12H2,(H,13,14)(H,15,16). The molecule has 6 nitrogen and oxygen atoms in total. The third-order valence-electron chi connectivity index (χ3n) is 2.56. The van der Waals surface area contributed by atoms with Crippen LogP contribution in [-0.4, -0.2) is 35.2 Å². The van der Waals surface area contributed by atoms with E-state index >= 15 is 0 Å². The van der Waals surface area contributed by atoms with E-state index in [-0.39, 0.29) is 0 Å². The third kappa shape index (κ3) is 5.09. The first kappa shape index (κ1) is 14.9. The Balaban J connectivity index is 4.52. The van der Waals surface area contributed by atoms with Crippen LogP contribution in [0, 0.1) is 11.8 Å². The molecule has 0 aromatic rings. The second kappa shape index (κ2) is 8.06. The van der Waals surface area contributed by atoms with Gasteiger partial charge in [0.1, 0.15) is 0 Å². The lowest BCUT2D eigenvalue weighted by atomic mass is 9.85. The maximum Gasteiger partial charge on any atom is 0.307 e. The summed E-state index contributed by atoms with van der Waals surface area (Å²) in [4.78, 5) is 22.0. The first-order valence-corrected chi connectivity index (χ1v) is 5.40. The van der Waals surface area contributed by atoms with Crippen LogP contribution < -0.4 is 11.5 Å². The van der Waals surface area contributed by atoms with Gasteiger partial charge in [-0.2, -0.15) is 0 Å². The Morgan fingerprint density at radius 2 is 1.19 bits per heavy atom. The van der Waals surface area contributed by atoms with E-state index in [4.69, 9.17) is 21.7 Å². The average molecular weight is 232 g/mol. The zero-order valence-corrected chi connectivity index (χ0v) is 9.26. The summed E-state index contributed by atoms with van der Waals surface area (Å²) in [5.74, 6) is -3.88. The molecule has 0 saturated heterocycles. The molecule has 16 heavy (non-hydrogen) atoms. The molecule has 0 aliphatic carbocycles. The van der Waals surface area contributed by atoms with E-state index in [0.29, 0.717) is 38.8 Å². The number of hydrogen-bond donors (Lipinski definition) is 4.